The van der Waals surface area contributed by atoms with Crippen molar-refractivity contribution in [3.05, 3.63) is 29.3 Å². The second-order valence-corrected chi connectivity index (χ2v) is 7.04. The number of sulfone groups is 1. The summed E-state index contributed by atoms with van der Waals surface area (Å²) in [6, 6.07) is 4.97. The molecule has 0 aromatic heterocycles. The molecule has 1 aliphatic heterocycles. The van der Waals surface area contributed by atoms with Gasteiger partial charge in [0.05, 0.1) is 10.8 Å². The molecule has 0 saturated carbocycles. The zero-order valence-electron chi connectivity index (χ0n) is 10.9. The van der Waals surface area contributed by atoms with E-state index in [1.165, 1.54) is 6.26 Å². The Morgan fingerprint density at radius 2 is 2.11 bits per heavy atom. The van der Waals surface area contributed by atoms with E-state index in [0.717, 1.165) is 11.1 Å². The van der Waals surface area contributed by atoms with Crippen LogP contribution in [0.5, 0.6) is 0 Å². The smallest absolute Gasteiger partial charge is 0.307 e. The molecular weight excluding hydrogens is 266 g/mol. The minimum atomic E-state index is -3.20. The van der Waals surface area contributed by atoms with Gasteiger partial charge in [-0.1, -0.05) is 6.07 Å². The zero-order valence-corrected chi connectivity index (χ0v) is 11.7. The lowest BCUT2D eigenvalue weighted by Gasteiger charge is -2.14. The SMILES string of the molecule is Cc1cc(S(C)(=O)=O)ccc1C1CC(C(=O)O)CN1. The van der Waals surface area contributed by atoms with Gasteiger partial charge in [-0.15, -0.1) is 0 Å². The Morgan fingerprint density at radius 1 is 1.42 bits per heavy atom. The van der Waals surface area contributed by atoms with Crippen LogP contribution < -0.4 is 5.32 Å². The predicted molar refractivity (Wildman–Crippen MR) is 70.8 cm³/mol. The van der Waals surface area contributed by atoms with Crippen molar-refractivity contribution in [3.63, 3.8) is 0 Å². The van der Waals surface area contributed by atoms with E-state index in [0.29, 0.717) is 17.9 Å². The number of rotatable bonds is 3. The van der Waals surface area contributed by atoms with Gasteiger partial charge in [-0.05, 0) is 36.6 Å². The second-order valence-electron chi connectivity index (χ2n) is 5.02. The molecule has 1 saturated heterocycles. The number of hydrogen-bond acceptors (Lipinski definition) is 4. The second kappa shape index (κ2) is 4.94. The van der Waals surface area contributed by atoms with E-state index in [2.05, 4.69) is 5.32 Å². The van der Waals surface area contributed by atoms with Gasteiger partial charge in [0, 0.05) is 18.8 Å². The molecule has 2 N–H and O–H groups in total. The summed E-state index contributed by atoms with van der Waals surface area (Å²) in [5.74, 6) is -1.17. The number of carbonyl (C=O) groups is 1. The van der Waals surface area contributed by atoms with Gasteiger partial charge in [-0.3, -0.25) is 4.79 Å². The Balaban J connectivity index is 2.26. The fraction of sp³-hybridized carbons (Fsp3) is 0.462. The van der Waals surface area contributed by atoms with Crippen molar-refractivity contribution < 1.29 is 18.3 Å². The lowest BCUT2D eigenvalue weighted by atomic mass is 9.97. The van der Waals surface area contributed by atoms with Crippen LogP contribution in [0.25, 0.3) is 0 Å². The van der Waals surface area contributed by atoms with Crippen LogP contribution in [0.2, 0.25) is 0 Å². The van der Waals surface area contributed by atoms with Gasteiger partial charge in [0.25, 0.3) is 0 Å². The average molecular weight is 283 g/mol. The van der Waals surface area contributed by atoms with Gasteiger partial charge in [0.2, 0.25) is 0 Å². The maximum Gasteiger partial charge on any atom is 0.307 e. The summed E-state index contributed by atoms with van der Waals surface area (Å²) >= 11 is 0. The highest BCUT2D eigenvalue weighted by Gasteiger charge is 2.30. The van der Waals surface area contributed by atoms with E-state index in [4.69, 9.17) is 5.11 Å². The lowest BCUT2D eigenvalue weighted by molar-refractivity contribution is -0.141. The van der Waals surface area contributed by atoms with Crippen LogP contribution in [-0.4, -0.2) is 32.3 Å². The lowest BCUT2D eigenvalue weighted by Crippen LogP contribution is -2.17. The Kier molecular flexibility index (Phi) is 3.64. The van der Waals surface area contributed by atoms with Crippen molar-refractivity contribution in [2.75, 3.05) is 12.8 Å². The van der Waals surface area contributed by atoms with E-state index >= 15 is 0 Å². The molecule has 104 valence electrons. The fourth-order valence-electron chi connectivity index (χ4n) is 2.43. The molecule has 0 radical (unpaired) electrons. The Bertz CT molecular complexity index is 609. The molecule has 19 heavy (non-hydrogen) atoms. The first-order valence-corrected chi connectivity index (χ1v) is 7.95. The van der Waals surface area contributed by atoms with E-state index in [1.807, 2.05) is 6.92 Å². The van der Waals surface area contributed by atoms with Crippen molar-refractivity contribution in [1.29, 1.82) is 0 Å². The van der Waals surface area contributed by atoms with Crippen LogP contribution in [0.1, 0.15) is 23.6 Å². The van der Waals surface area contributed by atoms with Crippen LogP contribution in [0.3, 0.4) is 0 Å². The maximum absolute atomic E-state index is 11.5. The summed E-state index contributed by atoms with van der Waals surface area (Å²) in [6.07, 6.45) is 1.71. The molecule has 0 aliphatic carbocycles. The summed E-state index contributed by atoms with van der Waals surface area (Å²) in [4.78, 5) is 11.2. The number of carboxylic acid groups (broad SMARTS) is 1. The number of aryl methyl sites for hydroxylation is 1. The largest absolute Gasteiger partial charge is 0.481 e. The van der Waals surface area contributed by atoms with Crippen molar-refractivity contribution in [1.82, 2.24) is 5.32 Å². The molecule has 1 heterocycles. The van der Waals surface area contributed by atoms with Crippen molar-refractivity contribution in [2.45, 2.75) is 24.3 Å². The molecule has 1 fully saturated rings. The first kappa shape index (κ1) is 14.0. The summed E-state index contributed by atoms with van der Waals surface area (Å²) in [5, 5.41) is 12.2. The zero-order chi connectivity index (χ0) is 14.2. The molecular formula is C13H17NO4S. The molecule has 0 bridgehead atoms. The number of aliphatic carboxylic acids is 1. The van der Waals surface area contributed by atoms with Crippen LogP contribution in [0.4, 0.5) is 0 Å². The Morgan fingerprint density at radius 3 is 2.58 bits per heavy atom. The van der Waals surface area contributed by atoms with Crippen LogP contribution in [0, 0.1) is 12.8 Å². The number of hydrogen-bond donors (Lipinski definition) is 2. The van der Waals surface area contributed by atoms with Crippen molar-refractivity contribution in [2.24, 2.45) is 5.92 Å². The third-order valence-electron chi connectivity index (χ3n) is 3.52. The summed E-state index contributed by atoms with van der Waals surface area (Å²) in [5.41, 5.74) is 1.84. The minimum absolute atomic E-state index is 0.0188. The summed E-state index contributed by atoms with van der Waals surface area (Å²) < 4.78 is 22.9. The number of benzene rings is 1. The Labute approximate surface area is 112 Å². The monoisotopic (exact) mass is 283 g/mol. The van der Waals surface area contributed by atoms with Crippen molar-refractivity contribution >= 4 is 15.8 Å². The molecule has 1 aliphatic rings. The van der Waals surface area contributed by atoms with Gasteiger partial charge in [0.15, 0.2) is 9.84 Å². The maximum atomic E-state index is 11.5. The minimum Gasteiger partial charge on any atom is -0.481 e. The van der Waals surface area contributed by atoms with E-state index in [-0.39, 0.29) is 12.0 Å². The third kappa shape index (κ3) is 2.96. The quantitative estimate of drug-likeness (QED) is 0.869. The van der Waals surface area contributed by atoms with Crippen LogP contribution in [0.15, 0.2) is 23.1 Å². The summed E-state index contributed by atoms with van der Waals surface area (Å²) in [7, 11) is -3.20. The third-order valence-corrected chi connectivity index (χ3v) is 4.64. The van der Waals surface area contributed by atoms with Crippen LogP contribution in [-0.2, 0) is 14.6 Å². The molecule has 1 aromatic carbocycles. The molecule has 2 rings (SSSR count). The summed E-state index contributed by atoms with van der Waals surface area (Å²) in [6.45, 7) is 2.30. The first-order chi connectivity index (χ1) is 8.79. The molecule has 2 atom stereocenters. The van der Waals surface area contributed by atoms with Gasteiger partial charge in [-0.2, -0.15) is 0 Å². The Hall–Kier alpha value is -1.40. The van der Waals surface area contributed by atoms with Crippen LogP contribution >= 0.6 is 0 Å². The van der Waals surface area contributed by atoms with Gasteiger partial charge in [-0.25, -0.2) is 8.42 Å². The molecule has 6 heteroatoms. The van der Waals surface area contributed by atoms with E-state index in [1.54, 1.807) is 18.2 Å². The van der Waals surface area contributed by atoms with Crippen molar-refractivity contribution in [3.8, 4) is 0 Å². The first-order valence-electron chi connectivity index (χ1n) is 6.06. The topological polar surface area (TPSA) is 83.5 Å². The fourth-order valence-corrected chi connectivity index (χ4v) is 3.14. The number of nitrogens with one attached hydrogen (secondary N) is 1. The molecule has 2 unspecified atom stereocenters. The highest BCUT2D eigenvalue weighted by atomic mass is 32.2. The highest BCUT2D eigenvalue weighted by molar-refractivity contribution is 7.90. The van der Waals surface area contributed by atoms with E-state index in [9.17, 15) is 13.2 Å². The normalized spacial score (nSPS) is 23.5. The molecule has 0 amide bonds. The highest BCUT2D eigenvalue weighted by Crippen LogP contribution is 2.30. The van der Waals surface area contributed by atoms with Gasteiger partial charge >= 0.3 is 5.97 Å². The molecule has 0 spiro atoms. The average Bonchev–Trinajstić information content (AvgIpc) is 2.76. The molecule has 1 aromatic rings. The number of carboxylic acids is 1. The van der Waals surface area contributed by atoms with Gasteiger partial charge < -0.3 is 10.4 Å². The predicted octanol–water partition coefficient (Wildman–Crippen LogP) is 1.13. The molecule has 5 nitrogen and oxygen atoms in total. The van der Waals surface area contributed by atoms with E-state index < -0.39 is 15.8 Å². The van der Waals surface area contributed by atoms with Gasteiger partial charge in [0.1, 0.15) is 0 Å². The standard InChI is InChI=1S/C13H17NO4S/c1-8-5-10(19(2,17)18)3-4-11(8)12-6-9(7-14-12)13(15)16/h3-5,9,12,14H,6-7H2,1-2H3,(H,15,16).